The molecule has 0 saturated heterocycles. The Morgan fingerprint density at radius 3 is 2.61 bits per heavy atom. The molecule has 0 bridgehead atoms. The fourth-order valence-electron chi connectivity index (χ4n) is 2.22. The second-order valence-electron chi connectivity index (χ2n) is 4.98. The van der Waals surface area contributed by atoms with Crippen LogP contribution in [-0.2, 0) is 11.3 Å². The number of benzene rings is 1. The van der Waals surface area contributed by atoms with Crippen molar-refractivity contribution in [3.63, 3.8) is 0 Å². The second kappa shape index (κ2) is 6.31. The Labute approximate surface area is 132 Å². The number of nitrogens with one attached hydrogen (secondary N) is 1. The van der Waals surface area contributed by atoms with Gasteiger partial charge in [0.25, 0.3) is 5.91 Å². The molecule has 2 heterocycles. The lowest BCUT2D eigenvalue weighted by atomic mass is 10.1. The largest absolute Gasteiger partial charge is 0.465 e. The quantitative estimate of drug-likeness (QED) is 0.749. The van der Waals surface area contributed by atoms with Crippen LogP contribution in [0.25, 0.3) is 5.65 Å². The lowest BCUT2D eigenvalue weighted by molar-refractivity contribution is 0.0600. The molecule has 6 heteroatoms. The van der Waals surface area contributed by atoms with E-state index in [0.29, 0.717) is 17.7 Å². The Kier molecular flexibility index (Phi) is 4.05. The van der Waals surface area contributed by atoms with Gasteiger partial charge in [-0.1, -0.05) is 0 Å². The zero-order chi connectivity index (χ0) is 16.2. The van der Waals surface area contributed by atoms with E-state index in [1.807, 2.05) is 28.9 Å². The first-order chi connectivity index (χ1) is 11.2. The number of amides is 1. The minimum Gasteiger partial charge on any atom is -0.465 e. The van der Waals surface area contributed by atoms with E-state index in [4.69, 9.17) is 0 Å². The van der Waals surface area contributed by atoms with Gasteiger partial charge in [-0.25, -0.2) is 9.78 Å². The summed E-state index contributed by atoms with van der Waals surface area (Å²) in [5.74, 6) is -0.630. The average Bonchev–Trinajstić information content (AvgIpc) is 3.06. The summed E-state index contributed by atoms with van der Waals surface area (Å²) in [5, 5.41) is 2.84. The van der Waals surface area contributed by atoms with Crippen molar-refractivity contribution in [1.82, 2.24) is 14.7 Å². The van der Waals surface area contributed by atoms with Crippen LogP contribution in [0.5, 0.6) is 0 Å². The highest BCUT2D eigenvalue weighted by Crippen LogP contribution is 2.08. The Hall–Kier alpha value is -3.15. The summed E-state index contributed by atoms with van der Waals surface area (Å²) in [6.45, 7) is 0.404. The minimum atomic E-state index is -0.426. The molecule has 23 heavy (non-hydrogen) atoms. The van der Waals surface area contributed by atoms with Crippen molar-refractivity contribution >= 4 is 17.5 Å². The molecule has 0 fully saturated rings. The second-order valence-corrected chi connectivity index (χ2v) is 4.98. The van der Waals surface area contributed by atoms with Gasteiger partial charge in [0.1, 0.15) is 5.65 Å². The molecule has 116 valence electrons. The molecule has 2 aromatic heterocycles. The topological polar surface area (TPSA) is 72.7 Å². The third-order valence-electron chi connectivity index (χ3n) is 3.48. The third kappa shape index (κ3) is 3.21. The van der Waals surface area contributed by atoms with Crippen LogP contribution in [0, 0.1) is 0 Å². The van der Waals surface area contributed by atoms with Crippen LogP contribution < -0.4 is 5.32 Å². The van der Waals surface area contributed by atoms with Gasteiger partial charge >= 0.3 is 5.97 Å². The first kappa shape index (κ1) is 14.8. The number of methoxy groups -OCH3 is 1. The van der Waals surface area contributed by atoms with Gasteiger partial charge in [0.2, 0.25) is 0 Å². The summed E-state index contributed by atoms with van der Waals surface area (Å²) in [6, 6.07) is 10.2. The van der Waals surface area contributed by atoms with Gasteiger partial charge in [0.15, 0.2) is 0 Å². The Balaban J connectivity index is 1.65. The van der Waals surface area contributed by atoms with Crippen LogP contribution in [0.4, 0.5) is 0 Å². The summed E-state index contributed by atoms with van der Waals surface area (Å²) >= 11 is 0. The highest BCUT2D eigenvalue weighted by Gasteiger charge is 2.09. The Morgan fingerprint density at radius 1 is 1.13 bits per heavy atom. The first-order valence-corrected chi connectivity index (χ1v) is 7.05. The molecule has 1 N–H and O–H groups in total. The van der Waals surface area contributed by atoms with Crippen LogP contribution in [0.1, 0.15) is 26.3 Å². The van der Waals surface area contributed by atoms with Gasteiger partial charge in [0.05, 0.1) is 12.7 Å². The molecular formula is C17H15N3O3. The van der Waals surface area contributed by atoms with E-state index in [-0.39, 0.29) is 5.91 Å². The summed E-state index contributed by atoms with van der Waals surface area (Å²) in [5.41, 5.74) is 2.69. The van der Waals surface area contributed by atoms with Crippen LogP contribution in [0.15, 0.2) is 55.0 Å². The van der Waals surface area contributed by atoms with Gasteiger partial charge < -0.3 is 14.5 Å². The van der Waals surface area contributed by atoms with Crippen molar-refractivity contribution in [2.24, 2.45) is 0 Å². The summed E-state index contributed by atoms with van der Waals surface area (Å²) in [6.07, 6.45) is 5.48. The fraction of sp³-hybridized carbons (Fsp3) is 0.118. The molecule has 0 spiro atoms. The summed E-state index contributed by atoms with van der Waals surface area (Å²) in [4.78, 5) is 27.7. The highest BCUT2D eigenvalue weighted by atomic mass is 16.5. The highest BCUT2D eigenvalue weighted by molar-refractivity contribution is 5.96. The Bertz CT molecular complexity index is 853. The van der Waals surface area contributed by atoms with Gasteiger partial charge in [-0.3, -0.25) is 4.79 Å². The predicted octanol–water partition coefficient (Wildman–Crippen LogP) is 2.05. The van der Waals surface area contributed by atoms with E-state index >= 15 is 0 Å². The molecule has 0 unspecified atom stereocenters. The fourth-order valence-corrected chi connectivity index (χ4v) is 2.22. The SMILES string of the molecule is COC(=O)c1ccc(C(=O)NCc2ccn3ccnc3c2)cc1. The molecule has 0 radical (unpaired) electrons. The van der Waals surface area contributed by atoms with Crippen LogP contribution in [-0.4, -0.2) is 28.4 Å². The molecule has 1 amide bonds. The van der Waals surface area contributed by atoms with Gasteiger partial charge in [-0.15, -0.1) is 0 Å². The van der Waals surface area contributed by atoms with E-state index in [2.05, 4.69) is 15.0 Å². The third-order valence-corrected chi connectivity index (χ3v) is 3.48. The zero-order valence-electron chi connectivity index (χ0n) is 12.5. The van der Waals surface area contributed by atoms with Gasteiger partial charge in [-0.05, 0) is 42.0 Å². The summed E-state index contributed by atoms with van der Waals surface area (Å²) in [7, 11) is 1.32. The monoisotopic (exact) mass is 309 g/mol. The number of aromatic nitrogens is 2. The van der Waals surface area contributed by atoms with Gasteiger partial charge in [0, 0.05) is 30.7 Å². The average molecular weight is 309 g/mol. The number of hydrogen-bond donors (Lipinski definition) is 1. The van der Waals surface area contributed by atoms with Crippen molar-refractivity contribution in [1.29, 1.82) is 0 Å². The lowest BCUT2D eigenvalue weighted by Gasteiger charge is -2.06. The molecule has 0 atom stereocenters. The lowest BCUT2D eigenvalue weighted by Crippen LogP contribution is -2.22. The first-order valence-electron chi connectivity index (χ1n) is 7.05. The van der Waals surface area contributed by atoms with Crippen molar-refractivity contribution in [2.75, 3.05) is 7.11 Å². The number of esters is 1. The van der Waals surface area contributed by atoms with Crippen molar-refractivity contribution in [3.05, 3.63) is 71.7 Å². The van der Waals surface area contributed by atoms with Gasteiger partial charge in [-0.2, -0.15) is 0 Å². The maximum absolute atomic E-state index is 12.1. The maximum Gasteiger partial charge on any atom is 0.337 e. The molecule has 1 aromatic carbocycles. The predicted molar refractivity (Wildman–Crippen MR) is 84.1 cm³/mol. The number of ether oxygens (including phenoxy) is 1. The van der Waals surface area contributed by atoms with Crippen molar-refractivity contribution < 1.29 is 14.3 Å². The molecule has 3 rings (SSSR count). The smallest absolute Gasteiger partial charge is 0.337 e. The molecule has 6 nitrogen and oxygen atoms in total. The molecule has 0 aliphatic carbocycles. The number of fused-ring (bicyclic) bond motifs is 1. The number of hydrogen-bond acceptors (Lipinski definition) is 4. The maximum atomic E-state index is 12.1. The van der Waals surface area contributed by atoms with Crippen LogP contribution in [0.3, 0.4) is 0 Å². The number of pyridine rings is 1. The minimum absolute atomic E-state index is 0.204. The normalized spacial score (nSPS) is 10.5. The Morgan fingerprint density at radius 2 is 1.87 bits per heavy atom. The van der Waals surface area contributed by atoms with Crippen molar-refractivity contribution in [2.45, 2.75) is 6.54 Å². The molecule has 0 aliphatic rings. The number of nitrogens with zero attached hydrogens (tertiary/aromatic N) is 2. The number of rotatable bonds is 4. The standard InChI is InChI=1S/C17H15N3O3/c1-23-17(22)14-4-2-13(3-5-14)16(21)19-11-12-6-8-20-9-7-18-15(20)10-12/h2-10H,11H2,1H3,(H,19,21). The van der Waals surface area contributed by atoms with Crippen molar-refractivity contribution in [3.8, 4) is 0 Å². The summed E-state index contributed by atoms with van der Waals surface area (Å²) < 4.78 is 6.52. The van der Waals surface area contributed by atoms with E-state index in [1.165, 1.54) is 7.11 Å². The number of carbonyl (C=O) groups excluding carboxylic acids is 2. The molecule has 0 saturated carbocycles. The van der Waals surface area contributed by atoms with E-state index < -0.39 is 5.97 Å². The van der Waals surface area contributed by atoms with E-state index in [1.54, 1.807) is 30.5 Å². The molecule has 0 aliphatic heterocycles. The van der Waals surface area contributed by atoms with Crippen LogP contribution in [0.2, 0.25) is 0 Å². The van der Waals surface area contributed by atoms with E-state index in [9.17, 15) is 9.59 Å². The molecule has 3 aromatic rings. The zero-order valence-corrected chi connectivity index (χ0v) is 12.5. The number of imidazole rings is 1. The number of carbonyl (C=O) groups is 2. The van der Waals surface area contributed by atoms with Crippen LogP contribution >= 0.6 is 0 Å². The molecular weight excluding hydrogens is 294 g/mol. The van der Waals surface area contributed by atoms with E-state index in [0.717, 1.165) is 11.2 Å².